The minimum absolute atomic E-state index is 0.496. The zero-order valence-corrected chi connectivity index (χ0v) is 11.3. The van der Waals surface area contributed by atoms with Crippen LogP contribution in [-0.2, 0) is 0 Å². The molecule has 1 aliphatic rings. The van der Waals surface area contributed by atoms with Crippen molar-refractivity contribution in [2.24, 2.45) is 5.92 Å². The first kappa shape index (κ1) is 12.6. The lowest BCUT2D eigenvalue weighted by Crippen LogP contribution is -2.22. The van der Waals surface area contributed by atoms with Gasteiger partial charge in [0.15, 0.2) is 0 Å². The van der Waals surface area contributed by atoms with Gasteiger partial charge in [-0.1, -0.05) is 26.7 Å². The number of hydrogen-bond acceptors (Lipinski definition) is 2. The molecule has 0 radical (unpaired) electrons. The van der Waals surface area contributed by atoms with Gasteiger partial charge in [0.25, 0.3) is 0 Å². The molecule has 1 aromatic rings. The third-order valence-corrected chi connectivity index (χ3v) is 3.99. The fourth-order valence-electron chi connectivity index (χ4n) is 2.85. The Morgan fingerprint density at radius 2 is 2.12 bits per heavy atom. The number of imidazole rings is 1. The number of H-pyrrole nitrogens is 1. The van der Waals surface area contributed by atoms with Gasteiger partial charge in [0, 0.05) is 30.3 Å². The summed E-state index contributed by atoms with van der Waals surface area (Å²) >= 11 is 0. The van der Waals surface area contributed by atoms with E-state index in [-0.39, 0.29) is 0 Å². The van der Waals surface area contributed by atoms with Crippen molar-refractivity contribution in [2.75, 3.05) is 13.6 Å². The summed E-state index contributed by atoms with van der Waals surface area (Å²) in [6.07, 6.45) is 7.49. The van der Waals surface area contributed by atoms with E-state index in [4.69, 9.17) is 0 Å². The molecule has 1 atom stereocenters. The van der Waals surface area contributed by atoms with Crippen molar-refractivity contribution in [1.29, 1.82) is 0 Å². The summed E-state index contributed by atoms with van der Waals surface area (Å²) in [6.45, 7) is 5.52. The second kappa shape index (κ2) is 5.67. The lowest BCUT2D eigenvalue weighted by molar-refractivity contribution is 0.460. The molecule has 0 saturated heterocycles. The molecule has 0 spiro atoms. The molecule has 1 aliphatic carbocycles. The van der Waals surface area contributed by atoms with Gasteiger partial charge in [-0.15, -0.1) is 0 Å². The predicted molar refractivity (Wildman–Crippen MR) is 71.3 cm³/mol. The quantitative estimate of drug-likeness (QED) is 0.823. The molecule has 2 N–H and O–H groups in total. The Hall–Kier alpha value is -0.830. The maximum atomic E-state index is 4.61. The summed E-state index contributed by atoms with van der Waals surface area (Å²) < 4.78 is 0. The Kier molecular flexibility index (Phi) is 4.21. The SMILES string of the molecule is CNCC(c1ncc(C2CCCC2)[nH]1)C(C)C. The van der Waals surface area contributed by atoms with Crippen LogP contribution in [-0.4, -0.2) is 23.6 Å². The molecular weight excluding hydrogens is 210 g/mol. The monoisotopic (exact) mass is 235 g/mol. The van der Waals surface area contributed by atoms with Gasteiger partial charge in [-0.05, 0) is 25.8 Å². The largest absolute Gasteiger partial charge is 0.345 e. The number of rotatable bonds is 5. The molecule has 1 saturated carbocycles. The average molecular weight is 235 g/mol. The summed E-state index contributed by atoms with van der Waals surface area (Å²) in [4.78, 5) is 8.18. The van der Waals surface area contributed by atoms with Gasteiger partial charge in [-0.2, -0.15) is 0 Å². The highest BCUT2D eigenvalue weighted by Gasteiger charge is 2.22. The van der Waals surface area contributed by atoms with Crippen LogP contribution in [0.4, 0.5) is 0 Å². The van der Waals surface area contributed by atoms with E-state index in [2.05, 4.69) is 35.3 Å². The van der Waals surface area contributed by atoms with Gasteiger partial charge in [0.05, 0.1) is 0 Å². The van der Waals surface area contributed by atoms with Crippen molar-refractivity contribution in [3.05, 3.63) is 17.7 Å². The Morgan fingerprint density at radius 1 is 1.41 bits per heavy atom. The molecule has 0 bridgehead atoms. The van der Waals surface area contributed by atoms with Gasteiger partial charge in [-0.3, -0.25) is 0 Å². The highest BCUT2D eigenvalue weighted by molar-refractivity contribution is 5.12. The zero-order valence-electron chi connectivity index (χ0n) is 11.3. The van der Waals surface area contributed by atoms with Gasteiger partial charge in [0.2, 0.25) is 0 Å². The minimum Gasteiger partial charge on any atom is -0.345 e. The number of aromatic amines is 1. The van der Waals surface area contributed by atoms with Crippen molar-refractivity contribution >= 4 is 0 Å². The van der Waals surface area contributed by atoms with Crippen LogP contribution in [0.2, 0.25) is 0 Å². The highest BCUT2D eigenvalue weighted by atomic mass is 14.9. The maximum absolute atomic E-state index is 4.61. The molecule has 1 unspecified atom stereocenters. The van der Waals surface area contributed by atoms with E-state index in [9.17, 15) is 0 Å². The molecule has 3 nitrogen and oxygen atoms in total. The molecule has 0 aliphatic heterocycles. The van der Waals surface area contributed by atoms with Gasteiger partial charge < -0.3 is 10.3 Å². The van der Waals surface area contributed by atoms with E-state index < -0.39 is 0 Å². The Bertz CT molecular complexity index is 337. The third-order valence-electron chi connectivity index (χ3n) is 3.99. The Balaban J connectivity index is 2.09. The van der Waals surface area contributed by atoms with Crippen LogP contribution in [0.5, 0.6) is 0 Å². The second-order valence-corrected chi connectivity index (χ2v) is 5.61. The van der Waals surface area contributed by atoms with Crippen LogP contribution in [0.1, 0.15) is 62.9 Å². The second-order valence-electron chi connectivity index (χ2n) is 5.61. The van der Waals surface area contributed by atoms with Crippen LogP contribution < -0.4 is 5.32 Å². The van der Waals surface area contributed by atoms with Gasteiger partial charge in [0.1, 0.15) is 5.82 Å². The average Bonchev–Trinajstić information content (AvgIpc) is 2.95. The number of nitrogens with zero attached hydrogens (tertiary/aromatic N) is 1. The van der Waals surface area contributed by atoms with Crippen LogP contribution in [0.3, 0.4) is 0 Å². The number of aromatic nitrogens is 2. The van der Waals surface area contributed by atoms with Crippen molar-refractivity contribution in [3.63, 3.8) is 0 Å². The minimum atomic E-state index is 0.496. The van der Waals surface area contributed by atoms with Crippen molar-refractivity contribution in [3.8, 4) is 0 Å². The molecule has 3 heteroatoms. The Labute approximate surface area is 104 Å². The normalized spacial score (nSPS) is 19.1. The first-order valence-electron chi connectivity index (χ1n) is 6.91. The molecular formula is C14H25N3. The summed E-state index contributed by atoms with van der Waals surface area (Å²) in [5.74, 6) is 3.01. The molecule has 17 heavy (non-hydrogen) atoms. The van der Waals surface area contributed by atoms with Crippen molar-refractivity contribution in [2.45, 2.75) is 51.4 Å². The summed E-state index contributed by atoms with van der Waals surface area (Å²) in [6, 6.07) is 0. The highest BCUT2D eigenvalue weighted by Crippen LogP contribution is 2.34. The molecule has 0 amide bonds. The van der Waals surface area contributed by atoms with Crippen LogP contribution in [0, 0.1) is 5.92 Å². The van der Waals surface area contributed by atoms with Gasteiger partial charge in [-0.25, -0.2) is 4.98 Å². The molecule has 1 fully saturated rings. The van der Waals surface area contributed by atoms with E-state index in [1.165, 1.54) is 31.4 Å². The molecule has 0 aromatic carbocycles. The smallest absolute Gasteiger partial charge is 0.110 e. The van der Waals surface area contributed by atoms with Gasteiger partial charge >= 0.3 is 0 Å². The van der Waals surface area contributed by atoms with Crippen molar-refractivity contribution < 1.29 is 0 Å². The number of nitrogens with one attached hydrogen (secondary N) is 2. The zero-order chi connectivity index (χ0) is 12.3. The van der Waals surface area contributed by atoms with Crippen LogP contribution in [0.25, 0.3) is 0 Å². The summed E-state index contributed by atoms with van der Waals surface area (Å²) in [7, 11) is 2.01. The fraction of sp³-hybridized carbons (Fsp3) is 0.786. The van der Waals surface area contributed by atoms with Crippen molar-refractivity contribution in [1.82, 2.24) is 15.3 Å². The topological polar surface area (TPSA) is 40.7 Å². The first-order chi connectivity index (χ1) is 8.22. The molecule has 2 rings (SSSR count). The lowest BCUT2D eigenvalue weighted by atomic mass is 9.95. The summed E-state index contributed by atoms with van der Waals surface area (Å²) in [5.41, 5.74) is 1.36. The standard InChI is InChI=1S/C14H25N3/c1-10(2)12(8-15-3)14-16-9-13(17-14)11-6-4-5-7-11/h9-12,15H,4-8H2,1-3H3,(H,16,17). The Morgan fingerprint density at radius 3 is 2.71 bits per heavy atom. The third kappa shape index (κ3) is 2.89. The number of likely N-dealkylation sites (N-methyl/N-ethyl adjacent to an activating group) is 1. The van der Waals surface area contributed by atoms with Crippen LogP contribution in [0.15, 0.2) is 6.20 Å². The molecule has 96 valence electrons. The molecule has 1 heterocycles. The fourth-order valence-corrected chi connectivity index (χ4v) is 2.85. The maximum Gasteiger partial charge on any atom is 0.110 e. The van der Waals surface area contributed by atoms with E-state index in [0.717, 1.165) is 18.3 Å². The number of hydrogen-bond donors (Lipinski definition) is 2. The van der Waals surface area contributed by atoms with E-state index >= 15 is 0 Å². The van der Waals surface area contributed by atoms with Crippen LogP contribution >= 0.6 is 0 Å². The molecule has 1 aromatic heterocycles. The van der Waals surface area contributed by atoms with E-state index in [1.54, 1.807) is 0 Å². The summed E-state index contributed by atoms with van der Waals surface area (Å²) in [5, 5.41) is 3.27. The van der Waals surface area contributed by atoms with E-state index in [0.29, 0.717) is 11.8 Å². The van der Waals surface area contributed by atoms with E-state index in [1.807, 2.05) is 7.05 Å². The first-order valence-corrected chi connectivity index (χ1v) is 6.91. The lowest BCUT2D eigenvalue weighted by Gasteiger charge is -2.18. The predicted octanol–water partition coefficient (Wildman–Crippen LogP) is 3.03.